The van der Waals surface area contributed by atoms with Gasteiger partial charge in [0.15, 0.2) is 0 Å². The van der Waals surface area contributed by atoms with Crippen molar-refractivity contribution in [1.82, 2.24) is 5.32 Å². The van der Waals surface area contributed by atoms with Crippen molar-refractivity contribution in [2.75, 3.05) is 13.3 Å². The molecule has 2 heteroatoms. The van der Waals surface area contributed by atoms with Gasteiger partial charge in [-0.1, -0.05) is 48.0 Å². The molecule has 2 rings (SSSR count). The van der Waals surface area contributed by atoms with E-state index < -0.39 is 0 Å². The summed E-state index contributed by atoms with van der Waals surface area (Å²) in [4.78, 5) is 1.33. The Bertz CT molecular complexity index is 522. The van der Waals surface area contributed by atoms with Gasteiger partial charge in [-0.05, 0) is 37.4 Å². The normalized spacial score (nSPS) is 12.4. The molecule has 0 bridgehead atoms. The number of rotatable bonds is 4. The zero-order valence-corrected chi connectivity index (χ0v) is 11.9. The second-order valence-corrected chi connectivity index (χ2v) is 5.23. The minimum atomic E-state index is 0.258. The summed E-state index contributed by atoms with van der Waals surface area (Å²) in [6.07, 6.45) is 2.13. The monoisotopic (exact) mass is 257 g/mol. The average molecular weight is 257 g/mol. The third-order valence-electron chi connectivity index (χ3n) is 3.11. The Labute approximate surface area is 114 Å². The molecular formula is C16H19NS. The van der Waals surface area contributed by atoms with E-state index in [0.29, 0.717) is 0 Å². The summed E-state index contributed by atoms with van der Waals surface area (Å²) in [6.45, 7) is 2.14. The highest BCUT2D eigenvalue weighted by Gasteiger charge is 2.14. The van der Waals surface area contributed by atoms with Crippen molar-refractivity contribution in [2.45, 2.75) is 17.9 Å². The van der Waals surface area contributed by atoms with Gasteiger partial charge in [0, 0.05) is 4.90 Å². The third-order valence-corrected chi connectivity index (χ3v) is 3.93. The van der Waals surface area contributed by atoms with Gasteiger partial charge in [0.05, 0.1) is 6.04 Å². The lowest BCUT2D eigenvalue weighted by atomic mass is 9.97. The first kappa shape index (κ1) is 13.2. The number of thioether (sulfide) groups is 1. The van der Waals surface area contributed by atoms with Crippen molar-refractivity contribution in [2.24, 2.45) is 0 Å². The second-order valence-electron chi connectivity index (χ2n) is 4.38. The molecule has 1 unspecified atom stereocenters. The van der Waals surface area contributed by atoms with E-state index in [-0.39, 0.29) is 6.04 Å². The molecule has 94 valence electrons. The minimum Gasteiger partial charge on any atom is -0.309 e. The first-order chi connectivity index (χ1) is 8.76. The number of benzene rings is 2. The molecule has 0 fully saturated rings. The van der Waals surface area contributed by atoms with Crippen molar-refractivity contribution in [3.05, 3.63) is 65.2 Å². The number of hydrogen-bond donors (Lipinski definition) is 1. The average Bonchev–Trinajstić information content (AvgIpc) is 2.40. The summed E-state index contributed by atoms with van der Waals surface area (Å²) < 4.78 is 0. The Hall–Kier alpha value is -1.25. The van der Waals surface area contributed by atoms with Crippen LogP contribution in [0.3, 0.4) is 0 Å². The quantitative estimate of drug-likeness (QED) is 0.830. The van der Waals surface area contributed by atoms with Crippen LogP contribution in [0.5, 0.6) is 0 Å². The molecule has 0 heterocycles. The lowest BCUT2D eigenvalue weighted by molar-refractivity contribution is 0.680. The minimum absolute atomic E-state index is 0.258. The number of hydrogen-bond acceptors (Lipinski definition) is 2. The molecule has 1 N–H and O–H groups in total. The standard InChI is InChI=1S/C16H19NS/c1-12-7-6-8-13(11-12)16(17-2)14-9-4-5-10-15(14)18-3/h4-11,16-17H,1-3H3. The van der Waals surface area contributed by atoms with E-state index in [1.165, 1.54) is 21.6 Å². The lowest BCUT2D eigenvalue weighted by Crippen LogP contribution is -2.18. The summed E-state index contributed by atoms with van der Waals surface area (Å²) >= 11 is 1.80. The summed E-state index contributed by atoms with van der Waals surface area (Å²) in [5.41, 5.74) is 3.96. The fourth-order valence-corrected chi connectivity index (χ4v) is 2.89. The third kappa shape index (κ3) is 2.77. The molecule has 0 amide bonds. The van der Waals surface area contributed by atoms with Crippen LogP contribution in [0.1, 0.15) is 22.7 Å². The summed E-state index contributed by atoms with van der Waals surface area (Å²) in [5.74, 6) is 0. The maximum atomic E-state index is 3.42. The molecule has 1 nitrogen and oxygen atoms in total. The van der Waals surface area contributed by atoms with Crippen LogP contribution in [0.25, 0.3) is 0 Å². The Morgan fingerprint density at radius 2 is 1.83 bits per heavy atom. The zero-order valence-electron chi connectivity index (χ0n) is 11.1. The Kier molecular flexibility index (Phi) is 4.45. The van der Waals surface area contributed by atoms with Gasteiger partial charge in [-0.15, -0.1) is 11.8 Å². The smallest absolute Gasteiger partial charge is 0.0585 e. The molecule has 0 aromatic heterocycles. The van der Waals surface area contributed by atoms with Gasteiger partial charge < -0.3 is 5.32 Å². The van der Waals surface area contributed by atoms with Crippen LogP contribution in [-0.4, -0.2) is 13.3 Å². The maximum absolute atomic E-state index is 3.42. The molecule has 0 saturated carbocycles. The molecule has 18 heavy (non-hydrogen) atoms. The summed E-state index contributed by atoms with van der Waals surface area (Å²) in [5, 5.41) is 3.42. The molecule has 0 aliphatic heterocycles. The van der Waals surface area contributed by atoms with E-state index in [4.69, 9.17) is 0 Å². The molecule has 0 aliphatic rings. The van der Waals surface area contributed by atoms with E-state index in [2.05, 4.69) is 67.0 Å². The predicted molar refractivity (Wildman–Crippen MR) is 80.3 cm³/mol. The van der Waals surface area contributed by atoms with Crippen molar-refractivity contribution in [3.8, 4) is 0 Å². The zero-order chi connectivity index (χ0) is 13.0. The van der Waals surface area contributed by atoms with E-state index in [1.54, 1.807) is 11.8 Å². The van der Waals surface area contributed by atoms with Crippen LogP contribution in [0.15, 0.2) is 53.4 Å². The van der Waals surface area contributed by atoms with Crippen LogP contribution < -0.4 is 5.32 Å². The van der Waals surface area contributed by atoms with Crippen LogP contribution in [0.4, 0.5) is 0 Å². The SMILES string of the molecule is CNC(c1cccc(C)c1)c1ccccc1SC. The predicted octanol–water partition coefficient (Wildman–Crippen LogP) is 4.03. The number of nitrogens with one attached hydrogen (secondary N) is 1. The topological polar surface area (TPSA) is 12.0 Å². The van der Waals surface area contributed by atoms with Gasteiger partial charge in [0.25, 0.3) is 0 Å². The molecule has 1 atom stereocenters. The summed E-state index contributed by atoms with van der Waals surface area (Å²) in [6, 6.07) is 17.5. The van der Waals surface area contributed by atoms with Crippen LogP contribution in [-0.2, 0) is 0 Å². The highest BCUT2D eigenvalue weighted by molar-refractivity contribution is 7.98. The Morgan fingerprint density at radius 1 is 1.06 bits per heavy atom. The van der Waals surface area contributed by atoms with E-state index in [1.807, 2.05) is 7.05 Å². The summed E-state index contributed by atoms with van der Waals surface area (Å²) in [7, 11) is 2.02. The largest absolute Gasteiger partial charge is 0.309 e. The maximum Gasteiger partial charge on any atom is 0.0585 e. The highest BCUT2D eigenvalue weighted by Crippen LogP contribution is 2.30. The van der Waals surface area contributed by atoms with Crippen molar-refractivity contribution in [1.29, 1.82) is 0 Å². The van der Waals surface area contributed by atoms with E-state index in [9.17, 15) is 0 Å². The van der Waals surface area contributed by atoms with Crippen LogP contribution in [0, 0.1) is 6.92 Å². The fraction of sp³-hybridized carbons (Fsp3) is 0.250. The van der Waals surface area contributed by atoms with Crippen molar-refractivity contribution in [3.63, 3.8) is 0 Å². The fourth-order valence-electron chi connectivity index (χ4n) is 2.26. The van der Waals surface area contributed by atoms with Gasteiger partial charge in [-0.3, -0.25) is 0 Å². The molecule has 0 radical (unpaired) electrons. The molecule has 0 aliphatic carbocycles. The van der Waals surface area contributed by atoms with Crippen molar-refractivity contribution < 1.29 is 0 Å². The van der Waals surface area contributed by atoms with E-state index in [0.717, 1.165) is 0 Å². The van der Waals surface area contributed by atoms with Gasteiger partial charge >= 0.3 is 0 Å². The lowest BCUT2D eigenvalue weighted by Gasteiger charge is -2.20. The van der Waals surface area contributed by atoms with Crippen LogP contribution in [0.2, 0.25) is 0 Å². The molecule has 2 aromatic rings. The number of aryl methyl sites for hydroxylation is 1. The van der Waals surface area contributed by atoms with E-state index >= 15 is 0 Å². The molecule has 0 spiro atoms. The van der Waals surface area contributed by atoms with Crippen molar-refractivity contribution >= 4 is 11.8 Å². The van der Waals surface area contributed by atoms with Gasteiger partial charge in [0.1, 0.15) is 0 Å². The second kappa shape index (κ2) is 6.07. The first-order valence-electron chi connectivity index (χ1n) is 6.13. The first-order valence-corrected chi connectivity index (χ1v) is 7.35. The Balaban J connectivity index is 2.45. The molecule has 2 aromatic carbocycles. The van der Waals surface area contributed by atoms with Gasteiger partial charge in [-0.2, -0.15) is 0 Å². The van der Waals surface area contributed by atoms with Crippen LogP contribution >= 0.6 is 11.8 Å². The van der Waals surface area contributed by atoms with Gasteiger partial charge in [0.2, 0.25) is 0 Å². The Morgan fingerprint density at radius 3 is 2.50 bits per heavy atom. The molecule has 0 saturated heterocycles. The van der Waals surface area contributed by atoms with Gasteiger partial charge in [-0.25, -0.2) is 0 Å². The molecular weight excluding hydrogens is 238 g/mol. The highest BCUT2D eigenvalue weighted by atomic mass is 32.2.